The average Bonchev–Trinajstić information content (AvgIpc) is 2.29. The maximum Gasteiger partial charge on any atom is 0.137 e. The van der Waals surface area contributed by atoms with Gasteiger partial charge in [-0.25, -0.2) is 0 Å². The van der Waals surface area contributed by atoms with Gasteiger partial charge in [-0.2, -0.15) is 0 Å². The van der Waals surface area contributed by atoms with Crippen LogP contribution in [0.25, 0.3) is 11.1 Å². The maximum atomic E-state index is 6.13. The second kappa shape index (κ2) is 5.18. The van der Waals surface area contributed by atoms with Crippen molar-refractivity contribution in [2.45, 2.75) is 0 Å². The lowest BCUT2D eigenvalue weighted by Gasteiger charge is -2.08. The van der Waals surface area contributed by atoms with Crippen LogP contribution in [0.5, 0.6) is 5.75 Å². The van der Waals surface area contributed by atoms with Gasteiger partial charge in [0, 0.05) is 15.6 Å². The second-order valence-corrected chi connectivity index (χ2v) is 4.72. The van der Waals surface area contributed by atoms with E-state index in [0.717, 1.165) is 11.1 Å². The molecule has 1 nitrogen and oxygen atoms in total. The van der Waals surface area contributed by atoms with Crippen LogP contribution < -0.4 is 4.74 Å². The van der Waals surface area contributed by atoms with E-state index in [1.807, 2.05) is 24.3 Å². The van der Waals surface area contributed by atoms with Crippen molar-refractivity contribution in [3.63, 3.8) is 0 Å². The summed E-state index contributed by atoms with van der Waals surface area (Å²) in [7, 11) is 1.58. The molecular weight excluding hydrogens is 279 g/mol. The van der Waals surface area contributed by atoms with Crippen molar-refractivity contribution < 1.29 is 4.74 Å². The van der Waals surface area contributed by atoms with Crippen LogP contribution in [0.1, 0.15) is 0 Å². The predicted molar refractivity (Wildman–Crippen MR) is 73.5 cm³/mol. The first kappa shape index (κ1) is 12.6. The molecule has 2 rings (SSSR count). The number of methoxy groups -OCH3 is 1. The molecule has 0 aromatic heterocycles. The molecule has 2 aromatic carbocycles. The van der Waals surface area contributed by atoms with Gasteiger partial charge in [0.05, 0.1) is 12.1 Å². The Bertz CT molecular complexity index is 552. The zero-order valence-corrected chi connectivity index (χ0v) is 11.3. The van der Waals surface area contributed by atoms with Crippen LogP contribution in [-0.2, 0) is 0 Å². The van der Waals surface area contributed by atoms with Gasteiger partial charge in [0.1, 0.15) is 5.75 Å². The summed E-state index contributed by atoms with van der Waals surface area (Å²) in [6, 6.07) is 10.9. The molecule has 0 spiro atoms. The molecule has 2 aromatic rings. The van der Waals surface area contributed by atoms with Gasteiger partial charge in [0.2, 0.25) is 0 Å². The third-order valence-electron chi connectivity index (χ3n) is 2.39. The van der Waals surface area contributed by atoms with Gasteiger partial charge in [-0.05, 0) is 29.8 Å². The molecule has 0 saturated carbocycles. The molecule has 0 N–H and O–H groups in total. The summed E-state index contributed by atoms with van der Waals surface area (Å²) < 4.78 is 5.10. The highest BCUT2D eigenvalue weighted by molar-refractivity contribution is 6.36. The minimum Gasteiger partial charge on any atom is -0.495 e. The molecule has 88 valence electrons. The standard InChI is InChI=1S/C13H9Cl3O/c1-17-13-5-2-8(6-12(13)16)10-4-3-9(14)7-11(10)15/h2-7H,1H3. The molecule has 0 saturated heterocycles. The van der Waals surface area contributed by atoms with Crippen molar-refractivity contribution in [3.8, 4) is 16.9 Å². The van der Waals surface area contributed by atoms with Gasteiger partial charge in [0.25, 0.3) is 0 Å². The van der Waals surface area contributed by atoms with E-state index in [-0.39, 0.29) is 0 Å². The normalized spacial score (nSPS) is 10.4. The Hall–Kier alpha value is -0.890. The topological polar surface area (TPSA) is 9.23 Å². The average molecular weight is 288 g/mol. The zero-order chi connectivity index (χ0) is 12.4. The lowest BCUT2D eigenvalue weighted by Crippen LogP contribution is -1.85. The Morgan fingerprint density at radius 2 is 1.65 bits per heavy atom. The van der Waals surface area contributed by atoms with Crippen molar-refractivity contribution in [1.82, 2.24) is 0 Å². The summed E-state index contributed by atoms with van der Waals surface area (Å²) >= 11 is 18.1. The monoisotopic (exact) mass is 286 g/mol. The van der Waals surface area contributed by atoms with Crippen molar-refractivity contribution in [1.29, 1.82) is 0 Å². The Balaban J connectivity index is 2.50. The molecule has 0 aliphatic rings. The van der Waals surface area contributed by atoms with E-state index < -0.39 is 0 Å². The minimum absolute atomic E-state index is 0.552. The lowest BCUT2D eigenvalue weighted by atomic mass is 10.1. The van der Waals surface area contributed by atoms with Gasteiger partial charge >= 0.3 is 0 Å². The summed E-state index contributed by atoms with van der Waals surface area (Å²) in [5, 5.41) is 1.76. The van der Waals surface area contributed by atoms with E-state index in [4.69, 9.17) is 39.5 Å². The molecule has 0 atom stereocenters. The number of hydrogen-bond donors (Lipinski definition) is 0. The minimum atomic E-state index is 0.552. The Kier molecular flexibility index (Phi) is 3.82. The molecular formula is C13H9Cl3O. The summed E-state index contributed by atoms with van der Waals surface area (Å²) in [6.45, 7) is 0. The quantitative estimate of drug-likeness (QED) is 0.726. The SMILES string of the molecule is COc1ccc(-c2ccc(Cl)cc2Cl)cc1Cl. The number of halogens is 3. The van der Waals surface area contributed by atoms with E-state index in [1.54, 1.807) is 19.2 Å². The smallest absolute Gasteiger partial charge is 0.137 e. The van der Waals surface area contributed by atoms with Crippen molar-refractivity contribution >= 4 is 34.8 Å². The Morgan fingerprint density at radius 3 is 2.24 bits per heavy atom. The lowest BCUT2D eigenvalue weighted by molar-refractivity contribution is 0.415. The Morgan fingerprint density at radius 1 is 0.882 bits per heavy atom. The zero-order valence-electron chi connectivity index (χ0n) is 9.01. The fraction of sp³-hybridized carbons (Fsp3) is 0.0769. The first-order chi connectivity index (χ1) is 8.11. The third kappa shape index (κ3) is 2.68. The summed E-state index contributed by atoms with van der Waals surface area (Å²) in [5.74, 6) is 0.639. The third-order valence-corrected chi connectivity index (χ3v) is 3.24. The van der Waals surface area contributed by atoms with Crippen molar-refractivity contribution in [2.24, 2.45) is 0 Å². The van der Waals surface area contributed by atoms with E-state index in [0.29, 0.717) is 20.8 Å². The molecule has 17 heavy (non-hydrogen) atoms. The highest BCUT2D eigenvalue weighted by Crippen LogP contribution is 2.34. The highest BCUT2D eigenvalue weighted by Gasteiger charge is 2.07. The summed E-state index contributed by atoms with van der Waals surface area (Å²) in [6.07, 6.45) is 0. The first-order valence-electron chi connectivity index (χ1n) is 4.91. The highest BCUT2D eigenvalue weighted by atomic mass is 35.5. The fourth-order valence-corrected chi connectivity index (χ4v) is 2.33. The Labute approximate surface area is 115 Å². The molecule has 0 bridgehead atoms. The molecule has 0 heterocycles. The van der Waals surface area contributed by atoms with Gasteiger partial charge in [-0.3, -0.25) is 0 Å². The van der Waals surface area contributed by atoms with Gasteiger partial charge in [0.15, 0.2) is 0 Å². The number of benzene rings is 2. The van der Waals surface area contributed by atoms with E-state index in [1.165, 1.54) is 0 Å². The summed E-state index contributed by atoms with van der Waals surface area (Å²) in [5.41, 5.74) is 1.82. The van der Waals surface area contributed by atoms with Crippen molar-refractivity contribution in [2.75, 3.05) is 7.11 Å². The molecule has 0 aliphatic carbocycles. The number of hydrogen-bond acceptors (Lipinski definition) is 1. The van der Waals surface area contributed by atoms with Crippen LogP contribution in [0.3, 0.4) is 0 Å². The van der Waals surface area contributed by atoms with E-state index >= 15 is 0 Å². The molecule has 0 aliphatic heterocycles. The van der Waals surface area contributed by atoms with Crippen molar-refractivity contribution in [3.05, 3.63) is 51.5 Å². The van der Waals surface area contributed by atoms with Gasteiger partial charge in [-0.1, -0.05) is 46.9 Å². The van der Waals surface area contributed by atoms with Gasteiger partial charge in [-0.15, -0.1) is 0 Å². The van der Waals surface area contributed by atoms with Crippen LogP contribution in [0.15, 0.2) is 36.4 Å². The van der Waals surface area contributed by atoms with E-state index in [2.05, 4.69) is 0 Å². The largest absolute Gasteiger partial charge is 0.495 e. The van der Waals surface area contributed by atoms with Crippen LogP contribution >= 0.6 is 34.8 Å². The van der Waals surface area contributed by atoms with Crippen LogP contribution in [0.2, 0.25) is 15.1 Å². The second-order valence-electron chi connectivity index (χ2n) is 3.47. The molecule has 0 fully saturated rings. The predicted octanol–water partition coefficient (Wildman–Crippen LogP) is 5.32. The first-order valence-corrected chi connectivity index (χ1v) is 6.04. The maximum absolute atomic E-state index is 6.13. The van der Waals surface area contributed by atoms with Gasteiger partial charge < -0.3 is 4.74 Å². The number of ether oxygens (including phenoxy) is 1. The molecule has 4 heteroatoms. The fourth-order valence-electron chi connectivity index (χ4n) is 1.56. The van der Waals surface area contributed by atoms with Crippen LogP contribution in [0.4, 0.5) is 0 Å². The molecule has 0 amide bonds. The summed E-state index contributed by atoms with van der Waals surface area (Å²) in [4.78, 5) is 0. The van der Waals surface area contributed by atoms with E-state index in [9.17, 15) is 0 Å². The number of rotatable bonds is 2. The van der Waals surface area contributed by atoms with Crippen LogP contribution in [0, 0.1) is 0 Å². The van der Waals surface area contributed by atoms with Crippen LogP contribution in [-0.4, -0.2) is 7.11 Å². The molecule has 0 radical (unpaired) electrons. The molecule has 0 unspecified atom stereocenters.